The average Bonchev–Trinajstić information content (AvgIpc) is 0.818. The number of allylic oxidation sites excluding steroid dienone is 16. The normalized spacial score (nSPS) is 13.1. The van der Waals surface area contributed by atoms with Gasteiger partial charge in [0.15, 0.2) is 0 Å². The number of hydrogen-bond acceptors (Lipinski definition) is 2. The Morgan fingerprint density at radius 2 is 0.482 bits per heavy atom. The second-order valence-corrected chi connectivity index (χ2v) is 31.5. The molecule has 0 aliphatic rings. The molecule has 0 amide bonds. The summed E-state index contributed by atoms with van der Waals surface area (Å²) < 4.78 is 8.50. The van der Waals surface area contributed by atoms with Crippen LogP contribution in [-0.2, 0) is 9.47 Å². The molecular weight excluding hydrogens is 1350 g/mol. The monoisotopic (exact) mass is 1500 g/mol. The molecule has 0 heterocycles. The van der Waals surface area contributed by atoms with Crippen LogP contribution in [0.4, 0.5) is 0 Å². The molecule has 0 saturated heterocycles. The van der Waals surface area contributed by atoms with Gasteiger partial charge in [-0.05, 0) is 256 Å². The van der Waals surface area contributed by atoms with Crippen LogP contribution in [0, 0.1) is 34.5 Å². The maximum absolute atomic E-state index is 4.25. The largest absolute Gasteiger partial charge is 0.388 e. The first-order valence-electron chi connectivity index (χ1n) is 42.3. The van der Waals surface area contributed by atoms with Gasteiger partial charge in [-0.3, -0.25) is 0 Å². The van der Waals surface area contributed by atoms with Crippen molar-refractivity contribution in [3.05, 3.63) is 373 Å². The number of rotatable bonds is 38. The van der Waals surface area contributed by atoms with Gasteiger partial charge in [-0.1, -0.05) is 395 Å². The van der Waals surface area contributed by atoms with Crippen molar-refractivity contribution in [2.75, 3.05) is 28.4 Å². The summed E-state index contributed by atoms with van der Waals surface area (Å²) >= 11 is 0. The van der Waals surface area contributed by atoms with Crippen LogP contribution in [0.25, 0.3) is 33.7 Å². The number of methoxy groups -OCH3 is 2. The number of ether oxygens (including phenoxy) is 2. The van der Waals surface area contributed by atoms with E-state index in [0.717, 1.165) is 77.0 Å². The highest BCUT2D eigenvalue weighted by Gasteiger charge is 2.38. The van der Waals surface area contributed by atoms with Gasteiger partial charge in [-0.15, -0.1) is 0 Å². The predicted octanol–water partition coefficient (Wildman–Crippen LogP) is 32.9. The Hall–Kier alpha value is -8.92. The van der Waals surface area contributed by atoms with Crippen molar-refractivity contribution >= 4 is 33.7 Å². The van der Waals surface area contributed by atoms with Gasteiger partial charge in [0, 0.05) is 28.4 Å². The van der Waals surface area contributed by atoms with Crippen LogP contribution in [0.15, 0.2) is 340 Å². The van der Waals surface area contributed by atoms with E-state index in [4.69, 9.17) is 0 Å². The molecular formula is C110H146O2. The second-order valence-electron chi connectivity index (χ2n) is 31.5. The fourth-order valence-corrected chi connectivity index (χ4v) is 15.0. The van der Waals surface area contributed by atoms with Gasteiger partial charge >= 0.3 is 0 Å². The molecule has 9 aromatic rings. The predicted molar refractivity (Wildman–Crippen MR) is 500 cm³/mol. The van der Waals surface area contributed by atoms with Gasteiger partial charge in [0.05, 0.1) is 0 Å². The maximum Gasteiger partial charge on any atom is 0.0351 e. The van der Waals surface area contributed by atoms with Crippen molar-refractivity contribution in [1.82, 2.24) is 0 Å². The average molecular weight is 1500 g/mol. The Bertz CT molecular complexity index is 3680. The van der Waals surface area contributed by atoms with Crippen molar-refractivity contribution in [2.45, 2.75) is 209 Å². The first-order chi connectivity index (χ1) is 54.6. The van der Waals surface area contributed by atoms with Crippen LogP contribution in [0.1, 0.15) is 243 Å². The smallest absolute Gasteiger partial charge is 0.0351 e. The molecule has 0 aliphatic carbocycles. The summed E-state index contributed by atoms with van der Waals surface area (Å²) in [5.74, 6) is 4.54. The molecule has 0 aliphatic heterocycles. The number of hydrogen-bond donors (Lipinski definition) is 0. The highest BCUT2D eigenvalue weighted by molar-refractivity contribution is 5.98. The van der Waals surface area contributed by atoms with E-state index in [9.17, 15) is 0 Å². The second kappa shape index (κ2) is 58.9. The molecule has 2 heteroatoms. The molecule has 0 N–H and O–H groups in total. The molecule has 4 atom stereocenters. The highest BCUT2D eigenvalue weighted by atomic mass is 16.5. The minimum atomic E-state index is 0.229. The van der Waals surface area contributed by atoms with Crippen LogP contribution >= 0.6 is 0 Å². The molecule has 4 unspecified atom stereocenters. The van der Waals surface area contributed by atoms with E-state index < -0.39 is 0 Å². The Morgan fingerprint density at radius 1 is 0.268 bits per heavy atom. The highest BCUT2D eigenvalue weighted by Crippen LogP contribution is 2.50. The summed E-state index contributed by atoms with van der Waals surface area (Å²) in [6.07, 6.45) is 60.0. The van der Waals surface area contributed by atoms with Crippen molar-refractivity contribution in [1.29, 1.82) is 0 Å². The van der Waals surface area contributed by atoms with Gasteiger partial charge in [0.2, 0.25) is 0 Å². The van der Waals surface area contributed by atoms with Crippen LogP contribution in [0.5, 0.6) is 0 Å². The Kier molecular flexibility index (Phi) is 50.2. The molecule has 0 saturated carbocycles. The minimum Gasteiger partial charge on any atom is -0.388 e. The Balaban J connectivity index is 0.000000333. The standard InChI is InChI=1S/2C39H56.C14H10.C14H12.2C2H6O/c2*1-7-9-11-13-15-23-29-39(34(5)6,30-24-16-14-12-10-8-2)32-37(35-25-19-17-20-26-35)31-38(33(3)4)36-27-21-18-22-28-36;1-2-6-12-10-14-8-4-3-7-13(14)9-11(12)5-1;1-3-7-13(8-4-1)11-12-14-9-5-2-6-10-14;2*1-3-2/h2*7-10,15-28,33-34,37-38H,11-14,29-32H2,1-6H3;1-10H;1-12H;2*1-2H3/b2*9-7+,10-8+,23-15-,24-16-;;12-11+;;. The SMILES string of the molecule is C(=C\c1ccccc1)/c1ccccc1.C/C=C/CC/C=C\CC(C/C=C\CC/C=C/C)(CC(CC(c1ccccc1)C(C)C)c1ccccc1)C(C)C.C/C=C/CC/C=C\CC(C/C=C\CC/C=C/C)(CC(CC(c1ccccc1)C(C)C)c1ccccc1)C(C)C.COC.COC.c1ccc2cc3ccccc3cc2c1. The number of fused-ring (bicyclic) bond motifs is 2. The van der Waals surface area contributed by atoms with Gasteiger partial charge < -0.3 is 9.47 Å². The van der Waals surface area contributed by atoms with E-state index in [-0.39, 0.29) is 10.8 Å². The van der Waals surface area contributed by atoms with E-state index in [1.807, 2.05) is 36.4 Å². The Labute approximate surface area is 684 Å². The molecule has 0 radical (unpaired) electrons. The molecule has 598 valence electrons. The van der Waals surface area contributed by atoms with Gasteiger partial charge in [-0.2, -0.15) is 0 Å². The topological polar surface area (TPSA) is 18.5 Å². The molecule has 2 nitrogen and oxygen atoms in total. The summed E-state index contributed by atoms with van der Waals surface area (Å²) in [7, 11) is 6.50. The molecule has 0 bridgehead atoms. The molecule has 9 rings (SSSR count). The third-order valence-electron chi connectivity index (χ3n) is 21.8. The summed E-state index contributed by atoms with van der Waals surface area (Å²) in [4.78, 5) is 0. The van der Waals surface area contributed by atoms with Crippen molar-refractivity contribution < 1.29 is 9.47 Å². The van der Waals surface area contributed by atoms with Crippen molar-refractivity contribution in [2.24, 2.45) is 34.5 Å². The molecule has 9 aromatic carbocycles. The van der Waals surface area contributed by atoms with E-state index in [0.29, 0.717) is 47.3 Å². The van der Waals surface area contributed by atoms with Crippen molar-refractivity contribution in [3.63, 3.8) is 0 Å². The quantitative estimate of drug-likeness (QED) is 0.0166. The van der Waals surface area contributed by atoms with Gasteiger partial charge in [-0.25, -0.2) is 0 Å². The van der Waals surface area contributed by atoms with Crippen LogP contribution in [0.2, 0.25) is 0 Å². The van der Waals surface area contributed by atoms with Crippen LogP contribution < -0.4 is 0 Å². The van der Waals surface area contributed by atoms with E-state index in [1.54, 1.807) is 28.4 Å². The fourth-order valence-electron chi connectivity index (χ4n) is 15.0. The first kappa shape index (κ1) is 95.5. The maximum atomic E-state index is 4.25. The lowest BCUT2D eigenvalue weighted by Crippen LogP contribution is -2.30. The number of benzene rings is 9. The van der Waals surface area contributed by atoms with E-state index in [1.165, 1.54) is 80.6 Å². The lowest BCUT2D eigenvalue weighted by molar-refractivity contribution is 0.154. The summed E-state index contributed by atoms with van der Waals surface area (Å²) in [6, 6.07) is 87.2. The third kappa shape index (κ3) is 37.6. The molecule has 0 fully saturated rings. The van der Waals surface area contributed by atoms with Crippen LogP contribution in [0.3, 0.4) is 0 Å². The summed E-state index contributed by atoms with van der Waals surface area (Å²) in [5, 5.41) is 5.25. The first-order valence-corrected chi connectivity index (χ1v) is 42.3. The third-order valence-corrected chi connectivity index (χ3v) is 21.8. The lowest BCUT2D eigenvalue weighted by atomic mass is 9.64. The molecule has 112 heavy (non-hydrogen) atoms. The lowest BCUT2D eigenvalue weighted by Gasteiger charge is -2.41. The zero-order valence-corrected chi connectivity index (χ0v) is 72.2. The number of unbranched alkanes of at least 4 members (excludes halogenated alkanes) is 4. The minimum absolute atomic E-state index is 0.229. The zero-order chi connectivity index (χ0) is 81.1. The van der Waals surface area contributed by atoms with Gasteiger partial charge in [0.25, 0.3) is 0 Å². The zero-order valence-electron chi connectivity index (χ0n) is 72.2. The van der Waals surface area contributed by atoms with E-state index >= 15 is 0 Å². The van der Waals surface area contributed by atoms with Gasteiger partial charge in [0.1, 0.15) is 0 Å². The summed E-state index contributed by atoms with van der Waals surface area (Å²) in [6.45, 7) is 27.9. The van der Waals surface area contributed by atoms with Crippen molar-refractivity contribution in [3.8, 4) is 0 Å². The Morgan fingerprint density at radius 3 is 0.705 bits per heavy atom. The fraction of sp³-hybridized carbons (Fsp3) is 0.382. The summed E-state index contributed by atoms with van der Waals surface area (Å²) in [5.41, 5.74) is 8.89. The van der Waals surface area contributed by atoms with Crippen LogP contribution in [-0.4, -0.2) is 28.4 Å². The van der Waals surface area contributed by atoms with E-state index in [2.05, 4.69) is 408 Å². The molecule has 0 aromatic heterocycles. The molecule has 0 spiro atoms.